The monoisotopic (exact) mass is 375 g/mol. The van der Waals surface area contributed by atoms with Gasteiger partial charge in [0.05, 0.1) is 25.0 Å². The highest BCUT2D eigenvalue weighted by Gasteiger charge is 2.26. The van der Waals surface area contributed by atoms with Gasteiger partial charge >= 0.3 is 6.03 Å². The molecule has 1 atom stereocenters. The summed E-state index contributed by atoms with van der Waals surface area (Å²) in [6.45, 7) is 2.95. The second-order valence-electron chi connectivity index (χ2n) is 5.50. The van der Waals surface area contributed by atoms with Crippen LogP contribution in [0.5, 0.6) is 0 Å². The first kappa shape index (κ1) is 21.1. The summed E-state index contributed by atoms with van der Waals surface area (Å²) in [6, 6.07) is 0.171. The maximum atomic E-state index is 12.2. The zero-order valence-corrected chi connectivity index (χ0v) is 15.1. The van der Waals surface area contributed by atoms with Gasteiger partial charge in [-0.2, -0.15) is 5.26 Å². The summed E-state index contributed by atoms with van der Waals surface area (Å²) in [5.74, 6) is -0.672. The Labute approximate surface area is 147 Å². The lowest BCUT2D eigenvalue weighted by Crippen LogP contribution is -2.57. The third-order valence-electron chi connectivity index (χ3n) is 3.53. The molecule has 0 aromatic heterocycles. The molecule has 3 amide bonds. The van der Waals surface area contributed by atoms with Gasteiger partial charge in [0.1, 0.15) is 12.6 Å². The Morgan fingerprint density at radius 2 is 2.00 bits per heavy atom. The lowest BCUT2D eigenvalue weighted by atomic mass is 10.2. The summed E-state index contributed by atoms with van der Waals surface area (Å²) in [7, 11) is -3.53. The van der Waals surface area contributed by atoms with Gasteiger partial charge in [-0.15, -0.1) is 0 Å². The van der Waals surface area contributed by atoms with Crippen LogP contribution in [0.3, 0.4) is 0 Å². The van der Waals surface area contributed by atoms with Crippen LogP contribution in [0.1, 0.15) is 19.8 Å². The molecule has 11 heteroatoms. The lowest BCUT2D eigenvalue weighted by molar-refractivity contribution is -0.122. The first-order chi connectivity index (χ1) is 11.9. The molecule has 1 saturated heterocycles. The van der Waals surface area contributed by atoms with Crippen molar-refractivity contribution in [2.45, 2.75) is 25.8 Å². The van der Waals surface area contributed by atoms with Crippen LogP contribution in [0.4, 0.5) is 4.79 Å². The fourth-order valence-electron chi connectivity index (χ4n) is 2.08. The molecule has 0 bridgehead atoms. The first-order valence-corrected chi connectivity index (χ1v) is 9.80. The van der Waals surface area contributed by atoms with Crippen molar-refractivity contribution in [1.82, 2.24) is 20.3 Å². The average molecular weight is 375 g/mol. The predicted octanol–water partition coefficient (Wildman–Crippen LogP) is -1.24. The van der Waals surface area contributed by atoms with Crippen LogP contribution in [-0.4, -0.2) is 76.4 Å². The number of nitriles is 1. The number of carbonyl (C=O) groups is 2. The molecule has 10 nitrogen and oxygen atoms in total. The summed E-state index contributed by atoms with van der Waals surface area (Å²) < 4.78 is 31.3. The van der Waals surface area contributed by atoms with Crippen LogP contribution < -0.4 is 15.4 Å². The largest absolute Gasteiger partial charge is 0.378 e. The van der Waals surface area contributed by atoms with Crippen molar-refractivity contribution < 1.29 is 22.7 Å². The number of urea groups is 1. The van der Waals surface area contributed by atoms with Gasteiger partial charge in [0.25, 0.3) is 0 Å². The Balaban J connectivity index is 2.66. The van der Waals surface area contributed by atoms with Crippen molar-refractivity contribution in [2.24, 2.45) is 0 Å². The van der Waals surface area contributed by atoms with Gasteiger partial charge in [0, 0.05) is 19.6 Å². The Kier molecular flexibility index (Phi) is 9.18. The van der Waals surface area contributed by atoms with E-state index in [0.29, 0.717) is 32.7 Å². The smallest absolute Gasteiger partial charge is 0.318 e. The SMILES string of the molecule is CCCCS(=O)(=O)NC[C@H](NC(=O)N1CCOCC1)C(=O)NCC#N. The van der Waals surface area contributed by atoms with Gasteiger partial charge in [0.2, 0.25) is 15.9 Å². The van der Waals surface area contributed by atoms with Crippen molar-refractivity contribution in [1.29, 1.82) is 5.26 Å². The van der Waals surface area contributed by atoms with E-state index in [1.54, 1.807) is 6.07 Å². The predicted molar refractivity (Wildman–Crippen MR) is 90.0 cm³/mol. The van der Waals surface area contributed by atoms with Gasteiger partial charge in [-0.05, 0) is 6.42 Å². The normalized spacial score (nSPS) is 15.9. The average Bonchev–Trinajstić information content (AvgIpc) is 2.62. The van der Waals surface area contributed by atoms with Crippen molar-refractivity contribution in [2.75, 3.05) is 45.1 Å². The molecule has 0 aliphatic carbocycles. The number of nitrogens with zero attached hydrogens (tertiary/aromatic N) is 2. The summed E-state index contributed by atoms with van der Waals surface area (Å²) >= 11 is 0. The van der Waals surface area contributed by atoms with E-state index in [4.69, 9.17) is 10.00 Å². The molecular formula is C14H25N5O5S. The maximum Gasteiger partial charge on any atom is 0.318 e. The number of rotatable bonds is 9. The molecule has 1 rings (SSSR count). The van der Waals surface area contributed by atoms with Gasteiger partial charge in [-0.3, -0.25) is 4.79 Å². The van der Waals surface area contributed by atoms with E-state index in [2.05, 4.69) is 15.4 Å². The number of sulfonamides is 1. The van der Waals surface area contributed by atoms with Crippen molar-refractivity contribution in [3.8, 4) is 6.07 Å². The number of morpholine rings is 1. The van der Waals surface area contributed by atoms with Gasteiger partial charge in [-0.25, -0.2) is 17.9 Å². The molecule has 0 radical (unpaired) electrons. The molecule has 1 heterocycles. The second kappa shape index (κ2) is 10.9. The number of nitrogens with one attached hydrogen (secondary N) is 3. The molecule has 0 spiro atoms. The second-order valence-corrected chi connectivity index (χ2v) is 7.42. The lowest BCUT2D eigenvalue weighted by Gasteiger charge is -2.29. The Morgan fingerprint density at radius 3 is 2.60 bits per heavy atom. The number of ether oxygens (including phenoxy) is 1. The Bertz CT molecular complexity index is 583. The first-order valence-electron chi connectivity index (χ1n) is 8.14. The molecule has 142 valence electrons. The van der Waals surface area contributed by atoms with Crippen molar-refractivity contribution in [3.05, 3.63) is 0 Å². The number of amides is 3. The molecule has 1 fully saturated rings. The number of hydrogen-bond acceptors (Lipinski definition) is 6. The van der Waals surface area contributed by atoms with Gasteiger partial charge in [-0.1, -0.05) is 13.3 Å². The molecule has 25 heavy (non-hydrogen) atoms. The van der Waals surface area contributed by atoms with Crippen molar-refractivity contribution >= 4 is 22.0 Å². The van der Waals surface area contributed by atoms with E-state index in [1.165, 1.54) is 4.90 Å². The molecule has 0 aromatic rings. The topological polar surface area (TPSA) is 141 Å². The van der Waals surface area contributed by atoms with E-state index in [0.717, 1.165) is 6.42 Å². The molecule has 1 aliphatic rings. The molecule has 0 unspecified atom stereocenters. The minimum Gasteiger partial charge on any atom is -0.378 e. The summed E-state index contributed by atoms with van der Waals surface area (Å²) in [5.41, 5.74) is 0. The zero-order chi connectivity index (χ0) is 18.7. The highest BCUT2D eigenvalue weighted by Crippen LogP contribution is 1.99. The van der Waals surface area contributed by atoms with Crippen LogP contribution in [0.25, 0.3) is 0 Å². The molecule has 0 saturated carbocycles. The van der Waals surface area contributed by atoms with Crippen LogP contribution >= 0.6 is 0 Å². The van der Waals surface area contributed by atoms with Crippen LogP contribution in [0.2, 0.25) is 0 Å². The molecule has 3 N–H and O–H groups in total. The fraction of sp³-hybridized carbons (Fsp3) is 0.786. The summed E-state index contributed by atoms with van der Waals surface area (Å²) in [6.07, 6.45) is 1.22. The Hall–Kier alpha value is -1.90. The molecule has 1 aliphatic heterocycles. The summed E-state index contributed by atoms with van der Waals surface area (Å²) in [4.78, 5) is 25.8. The number of hydrogen-bond donors (Lipinski definition) is 3. The van der Waals surface area contributed by atoms with Gasteiger partial charge in [0.15, 0.2) is 0 Å². The minimum atomic E-state index is -3.53. The van der Waals surface area contributed by atoms with Crippen molar-refractivity contribution in [3.63, 3.8) is 0 Å². The zero-order valence-electron chi connectivity index (χ0n) is 14.3. The quantitative estimate of drug-likeness (QED) is 0.430. The van der Waals surface area contributed by atoms with E-state index in [1.807, 2.05) is 6.92 Å². The third-order valence-corrected chi connectivity index (χ3v) is 4.96. The van der Waals surface area contributed by atoms with E-state index in [-0.39, 0.29) is 18.8 Å². The van der Waals surface area contributed by atoms with Crippen LogP contribution in [0, 0.1) is 11.3 Å². The number of unbranched alkanes of at least 4 members (excludes halogenated alkanes) is 1. The minimum absolute atomic E-state index is 0.0482. The van der Waals surface area contributed by atoms with Crippen LogP contribution in [0.15, 0.2) is 0 Å². The third kappa shape index (κ3) is 8.15. The highest BCUT2D eigenvalue weighted by molar-refractivity contribution is 7.89. The van der Waals surface area contributed by atoms with Gasteiger partial charge < -0.3 is 20.3 Å². The molecular weight excluding hydrogens is 350 g/mol. The molecule has 0 aromatic carbocycles. The van der Waals surface area contributed by atoms with E-state index < -0.39 is 28.0 Å². The maximum absolute atomic E-state index is 12.2. The van der Waals surface area contributed by atoms with Crippen LogP contribution in [-0.2, 0) is 19.6 Å². The summed E-state index contributed by atoms with van der Waals surface area (Å²) in [5, 5.41) is 13.4. The number of carbonyl (C=O) groups excluding carboxylic acids is 2. The fourth-order valence-corrected chi connectivity index (χ4v) is 3.32. The van der Waals surface area contributed by atoms with E-state index >= 15 is 0 Å². The Morgan fingerprint density at radius 1 is 1.32 bits per heavy atom. The van der Waals surface area contributed by atoms with E-state index in [9.17, 15) is 18.0 Å². The highest BCUT2D eigenvalue weighted by atomic mass is 32.2. The standard InChI is InChI=1S/C14H25N5O5S/c1-2-3-10-25(22,23)17-11-12(13(20)16-5-4-15)18-14(21)19-6-8-24-9-7-19/h12,17H,2-3,5-11H2,1H3,(H,16,20)(H,18,21)/t12-/m0/s1.